The Hall–Kier alpha value is -3.34. The van der Waals surface area contributed by atoms with Gasteiger partial charge in [0.2, 0.25) is 6.41 Å². The molecule has 1 aliphatic heterocycles. The van der Waals surface area contributed by atoms with Gasteiger partial charge in [0.15, 0.2) is 0 Å². The molecule has 1 N–H and O–H groups in total. The number of aryl methyl sites for hydroxylation is 2. The van der Waals surface area contributed by atoms with Crippen molar-refractivity contribution in [3.05, 3.63) is 70.8 Å². The van der Waals surface area contributed by atoms with Crippen molar-refractivity contribution in [2.24, 2.45) is 13.0 Å². The molecule has 1 aromatic carbocycles. The van der Waals surface area contributed by atoms with E-state index in [1.165, 1.54) is 22.5 Å². The predicted octanol–water partition coefficient (Wildman–Crippen LogP) is 7.02. The quantitative estimate of drug-likeness (QED) is 0.0944. The van der Waals surface area contributed by atoms with Gasteiger partial charge in [-0.3, -0.25) is 9.59 Å². The van der Waals surface area contributed by atoms with E-state index in [2.05, 4.69) is 65.8 Å². The number of carbonyl (C=O) groups excluding carboxylic acids is 3. The van der Waals surface area contributed by atoms with Crippen molar-refractivity contribution >= 4 is 41.2 Å². The van der Waals surface area contributed by atoms with E-state index in [-0.39, 0.29) is 28.9 Å². The summed E-state index contributed by atoms with van der Waals surface area (Å²) in [6.45, 7) is 12.5. The van der Waals surface area contributed by atoms with Crippen molar-refractivity contribution in [1.29, 1.82) is 0 Å². The highest BCUT2D eigenvalue weighted by Crippen LogP contribution is 2.21. The highest BCUT2D eigenvalue weighted by atomic mass is 35.5. The zero-order valence-electron chi connectivity index (χ0n) is 28.9. The molecule has 11 heteroatoms. The van der Waals surface area contributed by atoms with Gasteiger partial charge in [-0.25, -0.2) is 8.78 Å². The Morgan fingerprint density at radius 1 is 1.21 bits per heavy atom. The molecule has 0 bridgehead atoms. The first-order valence-electron chi connectivity index (χ1n) is 16.1. The molecule has 1 aromatic heterocycles. The van der Waals surface area contributed by atoms with Crippen molar-refractivity contribution in [3.63, 3.8) is 0 Å². The van der Waals surface area contributed by atoms with E-state index < -0.39 is 12.0 Å². The zero-order valence-corrected chi connectivity index (χ0v) is 29.6. The Bertz CT molecular complexity index is 1300. The molecule has 2 aromatic rings. The number of carbonyl (C=O) groups is 3. The molecule has 1 atom stereocenters. The summed E-state index contributed by atoms with van der Waals surface area (Å²) in [6, 6.07) is 8.45. The molecule has 0 radical (unpaired) electrons. The van der Waals surface area contributed by atoms with Gasteiger partial charge >= 0.3 is 5.97 Å². The topological polar surface area (TPSA) is 83.9 Å². The average Bonchev–Trinajstić information content (AvgIpc) is 3.32. The molecule has 47 heavy (non-hydrogen) atoms. The molecule has 0 spiro atoms. The maximum atomic E-state index is 13.5. The first-order valence-corrected chi connectivity index (χ1v) is 16.5. The largest absolute Gasteiger partial charge is 0.466 e. The van der Waals surface area contributed by atoms with Crippen LogP contribution in [0.1, 0.15) is 57.9 Å². The number of para-hydroxylation sites is 1. The van der Waals surface area contributed by atoms with Crippen LogP contribution in [-0.4, -0.2) is 86.1 Å². The third-order valence-corrected chi connectivity index (χ3v) is 8.09. The molecule has 262 valence electrons. The fraction of sp³-hybridized carbons (Fsp3) is 0.528. The Labute approximate surface area is 284 Å². The van der Waals surface area contributed by atoms with Gasteiger partial charge < -0.3 is 29.2 Å². The van der Waals surface area contributed by atoms with Crippen molar-refractivity contribution in [2.75, 3.05) is 46.9 Å². The number of unbranched alkanes of at least 4 members (excludes halogenated alkanes) is 1. The number of rotatable bonds is 15. The van der Waals surface area contributed by atoms with Crippen LogP contribution in [0.15, 0.2) is 65.2 Å². The number of halogens is 3. The number of ether oxygens (including phenoxy) is 1. The van der Waals surface area contributed by atoms with Gasteiger partial charge in [0, 0.05) is 42.8 Å². The lowest BCUT2D eigenvalue weighted by Crippen LogP contribution is -2.37. The minimum absolute atomic E-state index is 0.0406. The summed E-state index contributed by atoms with van der Waals surface area (Å²) >= 11 is 5.74. The number of alkyl halides is 1. The van der Waals surface area contributed by atoms with E-state index in [1.807, 2.05) is 25.9 Å². The Balaban J connectivity index is 0.000000371. The second-order valence-corrected chi connectivity index (χ2v) is 12.3. The van der Waals surface area contributed by atoms with Gasteiger partial charge in [-0.05, 0) is 110 Å². The van der Waals surface area contributed by atoms with Crippen LogP contribution in [0.5, 0.6) is 0 Å². The fourth-order valence-corrected chi connectivity index (χ4v) is 5.33. The molecule has 8 nitrogen and oxygen atoms in total. The third kappa shape index (κ3) is 16.4. The molecule has 0 saturated carbocycles. The van der Waals surface area contributed by atoms with E-state index >= 15 is 0 Å². The fourth-order valence-electron chi connectivity index (χ4n) is 5.14. The van der Waals surface area contributed by atoms with E-state index in [9.17, 15) is 23.2 Å². The minimum atomic E-state index is -0.723. The molecular weight excluding hydrogens is 626 g/mol. The lowest BCUT2D eigenvalue weighted by molar-refractivity contribution is -0.149. The van der Waals surface area contributed by atoms with E-state index in [0.717, 1.165) is 45.3 Å². The highest BCUT2D eigenvalue weighted by molar-refractivity contribution is 6.31. The van der Waals surface area contributed by atoms with Crippen molar-refractivity contribution in [2.45, 2.75) is 65.5 Å². The maximum absolute atomic E-state index is 13.5. The number of aromatic nitrogens is 1. The first kappa shape index (κ1) is 41.7. The smallest absolute Gasteiger partial charge is 0.309 e. The summed E-state index contributed by atoms with van der Waals surface area (Å²) < 4.78 is 33.5. The summed E-state index contributed by atoms with van der Waals surface area (Å²) in [6.07, 6.45) is 8.00. The summed E-state index contributed by atoms with van der Waals surface area (Å²) in [5.74, 6) is -0.684. The first-order chi connectivity index (χ1) is 22.3. The molecule has 1 unspecified atom stereocenters. The van der Waals surface area contributed by atoms with Gasteiger partial charge in [0.25, 0.3) is 0 Å². The van der Waals surface area contributed by atoms with Crippen LogP contribution in [-0.2, 0) is 26.2 Å². The van der Waals surface area contributed by atoms with Crippen LogP contribution in [0.3, 0.4) is 0 Å². The number of allylic oxidation sites excluding steroid dienone is 5. The Kier molecular flexibility index (Phi) is 20.5. The number of fused-ring (bicyclic) bond motifs is 1. The van der Waals surface area contributed by atoms with Crippen LogP contribution < -0.4 is 5.32 Å². The number of nitrogens with one attached hydrogen (secondary N) is 1. The van der Waals surface area contributed by atoms with Gasteiger partial charge in [0.05, 0.1) is 17.6 Å². The minimum Gasteiger partial charge on any atom is -0.466 e. The molecule has 3 rings (SSSR count). The summed E-state index contributed by atoms with van der Waals surface area (Å²) in [7, 11) is 5.88. The Morgan fingerprint density at radius 3 is 2.43 bits per heavy atom. The SMILES string of the molecule is C=C(F)/C(=C\C(Cl)=C(/C)NC=O)CC=O.CCOC(=O)C1CCN(CCCCC(F)CN(C)C)CC1.Cc1cn(C)c2ccccc12. The number of piperidine rings is 1. The van der Waals surface area contributed by atoms with Crippen molar-refractivity contribution in [1.82, 2.24) is 19.7 Å². The molecule has 0 aliphatic carbocycles. The van der Waals surface area contributed by atoms with Gasteiger partial charge in [-0.1, -0.05) is 36.4 Å². The number of esters is 1. The molecule has 1 aliphatic rings. The van der Waals surface area contributed by atoms with Gasteiger partial charge in [-0.2, -0.15) is 0 Å². The van der Waals surface area contributed by atoms with Gasteiger partial charge in [-0.15, -0.1) is 0 Å². The van der Waals surface area contributed by atoms with Crippen LogP contribution >= 0.6 is 11.6 Å². The van der Waals surface area contributed by atoms with Gasteiger partial charge in [0.1, 0.15) is 18.3 Å². The van der Waals surface area contributed by atoms with E-state index in [1.54, 1.807) is 6.92 Å². The Morgan fingerprint density at radius 2 is 1.87 bits per heavy atom. The summed E-state index contributed by atoms with van der Waals surface area (Å²) in [4.78, 5) is 36.2. The number of likely N-dealkylation sites (tertiary alicyclic amines) is 1. The normalized spacial score (nSPS) is 15.1. The summed E-state index contributed by atoms with van der Waals surface area (Å²) in [5, 5.41) is 3.82. The second-order valence-electron chi connectivity index (χ2n) is 11.8. The third-order valence-electron chi connectivity index (χ3n) is 7.69. The number of benzene rings is 1. The number of hydrogen-bond donors (Lipinski definition) is 1. The lowest BCUT2D eigenvalue weighted by atomic mass is 9.97. The van der Waals surface area contributed by atoms with E-state index in [0.29, 0.717) is 38.0 Å². The molecular formula is C36H53ClF2N4O4. The second kappa shape index (κ2) is 23.1. The average molecular weight is 679 g/mol. The summed E-state index contributed by atoms with van der Waals surface area (Å²) in [5.41, 5.74) is 3.12. The highest BCUT2D eigenvalue weighted by Gasteiger charge is 2.25. The molecule has 1 amide bonds. The number of nitrogens with zero attached hydrogens (tertiary/aromatic N) is 3. The molecule has 1 saturated heterocycles. The van der Waals surface area contributed by atoms with Crippen LogP contribution in [0, 0.1) is 12.8 Å². The standard InChI is InChI=1S/C16H31FN2O2.C10H11ClFNO2.C10H11N/c1-4-21-16(20)14-8-11-19(12-9-14)10-6-5-7-15(17)13-18(2)3;1-7(12)9(3-4-14)5-10(11)8(2)13-6-15;1-8-7-11(2)10-6-4-3-5-9(8)10/h14-15H,4-13H2,1-3H3;4-6H,1,3H2,2H3,(H,13,15);3-7H,1-2H3/b;9-5-,10-8-;. The van der Waals surface area contributed by atoms with Crippen molar-refractivity contribution in [3.8, 4) is 0 Å². The van der Waals surface area contributed by atoms with Crippen LogP contribution in [0.25, 0.3) is 10.9 Å². The monoisotopic (exact) mass is 678 g/mol. The molecule has 1 fully saturated rings. The lowest BCUT2D eigenvalue weighted by Gasteiger charge is -2.30. The maximum Gasteiger partial charge on any atom is 0.309 e. The van der Waals surface area contributed by atoms with Crippen LogP contribution in [0.4, 0.5) is 8.78 Å². The van der Waals surface area contributed by atoms with E-state index in [4.69, 9.17) is 16.3 Å². The van der Waals surface area contributed by atoms with Crippen molar-refractivity contribution < 1.29 is 27.9 Å². The number of amides is 1. The number of aldehydes is 1. The predicted molar refractivity (Wildman–Crippen MR) is 188 cm³/mol. The molecule has 2 heterocycles. The zero-order chi connectivity index (χ0) is 35.4. The van der Waals surface area contributed by atoms with Crippen LogP contribution in [0.2, 0.25) is 0 Å². The number of hydrogen-bond acceptors (Lipinski definition) is 6.